The lowest BCUT2D eigenvalue weighted by Crippen LogP contribution is -2.21. The van der Waals surface area contributed by atoms with Gasteiger partial charge in [0.2, 0.25) is 10.1 Å². The predicted molar refractivity (Wildman–Crippen MR) is 106 cm³/mol. The van der Waals surface area contributed by atoms with E-state index in [4.69, 9.17) is 11.5 Å². The van der Waals surface area contributed by atoms with Gasteiger partial charge in [-0.05, 0) is 72.3 Å². The van der Waals surface area contributed by atoms with E-state index in [0.717, 1.165) is 11.5 Å². The van der Waals surface area contributed by atoms with Crippen LogP contribution in [0.5, 0.6) is 0 Å². The number of rotatable bonds is 4. The summed E-state index contributed by atoms with van der Waals surface area (Å²) in [6.45, 7) is 0. The summed E-state index contributed by atoms with van der Waals surface area (Å²) in [5.74, 6) is 2.09. The van der Waals surface area contributed by atoms with E-state index in [-0.39, 0.29) is 0 Å². The molecule has 2 aliphatic heterocycles. The van der Waals surface area contributed by atoms with Crippen LogP contribution in [0.3, 0.4) is 0 Å². The second kappa shape index (κ2) is 7.49. The van der Waals surface area contributed by atoms with E-state index in [1.165, 1.54) is 21.2 Å². The molecule has 1 aromatic rings. The van der Waals surface area contributed by atoms with Crippen LogP contribution in [0.1, 0.15) is 11.1 Å². The molecule has 0 aromatic heterocycles. The zero-order valence-electron chi connectivity index (χ0n) is 14.1. The molecule has 4 N–H and O–H groups in total. The highest BCUT2D eigenvalue weighted by Gasteiger charge is 2.32. The van der Waals surface area contributed by atoms with Crippen molar-refractivity contribution in [2.75, 3.05) is 25.6 Å². The summed E-state index contributed by atoms with van der Waals surface area (Å²) in [4.78, 5) is 0. The third-order valence-corrected chi connectivity index (χ3v) is 7.07. The van der Waals surface area contributed by atoms with Crippen molar-refractivity contribution in [3.63, 3.8) is 0 Å². The van der Waals surface area contributed by atoms with Crippen molar-refractivity contribution < 1.29 is 9.15 Å². The summed E-state index contributed by atoms with van der Waals surface area (Å²) in [5.41, 5.74) is 13.6. The van der Waals surface area contributed by atoms with Gasteiger partial charge in [0.1, 0.15) is 14.1 Å². The molecule has 0 amide bonds. The highest BCUT2D eigenvalue weighted by molar-refractivity contribution is 8.14. The van der Waals surface area contributed by atoms with Gasteiger partial charge in [-0.3, -0.25) is 0 Å². The second-order valence-corrected chi connectivity index (χ2v) is 7.95. The van der Waals surface area contributed by atoms with Crippen LogP contribution in [-0.2, 0) is 0 Å². The third kappa shape index (κ3) is 3.26. The van der Waals surface area contributed by atoms with E-state index in [1.54, 1.807) is 12.4 Å². The van der Waals surface area contributed by atoms with E-state index in [2.05, 4.69) is 59.7 Å². The molecule has 0 fully saturated rings. The number of hydrogen-bond donors (Lipinski definition) is 2. The highest BCUT2D eigenvalue weighted by atomic mass is 32.2. The Morgan fingerprint density at radius 1 is 0.833 bits per heavy atom. The first kappa shape index (κ1) is 17.2. The minimum atomic E-state index is 0.379. The molecule has 0 saturated carbocycles. The maximum atomic E-state index is 5.54. The summed E-state index contributed by atoms with van der Waals surface area (Å²) >= 11 is 3.78. The van der Waals surface area contributed by atoms with Gasteiger partial charge in [0.25, 0.3) is 0 Å². The summed E-state index contributed by atoms with van der Waals surface area (Å²) in [6, 6.07) is 9.63. The fourth-order valence-electron chi connectivity index (χ4n) is 3.01. The third-order valence-electron chi connectivity index (χ3n) is 4.46. The number of benzene rings is 1. The molecule has 126 valence electrons. The molecule has 2 unspecified atom stereocenters. The molecule has 6 heteroatoms. The minimum absolute atomic E-state index is 0.379. The lowest BCUT2D eigenvalue weighted by Gasteiger charge is -2.03. The molecule has 2 heterocycles. The van der Waals surface area contributed by atoms with Crippen molar-refractivity contribution in [3.05, 3.63) is 59.9 Å². The Balaban J connectivity index is 1.85. The van der Waals surface area contributed by atoms with Crippen molar-refractivity contribution in [2.24, 2.45) is 11.5 Å². The molecular formula is C18H24N4S2+2. The lowest BCUT2D eigenvalue weighted by molar-refractivity contribution is -0.514. The highest BCUT2D eigenvalue weighted by Crippen LogP contribution is 2.26. The summed E-state index contributed by atoms with van der Waals surface area (Å²) in [7, 11) is 4.26. The van der Waals surface area contributed by atoms with Gasteiger partial charge in [0, 0.05) is 0 Å². The van der Waals surface area contributed by atoms with Crippen LogP contribution in [0.25, 0.3) is 0 Å². The van der Waals surface area contributed by atoms with Gasteiger partial charge < -0.3 is 11.5 Å². The molecule has 1 aromatic carbocycles. The molecule has 4 nitrogen and oxygen atoms in total. The smallest absolute Gasteiger partial charge is 0.242 e. The van der Waals surface area contributed by atoms with Crippen LogP contribution in [0, 0.1) is 0 Å². The van der Waals surface area contributed by atoms with E-state index >= 15 is 0 Å². The van der Waals surface area contributed by atoms with Crippen molar-refractivity contribution in [1.82, 2.24) is 0 Å². The number of thioether (sulfide) groups is 2. The number of nitrogens with two attached hydrogens (primary N) is 2. The van der Waals surface area contributed by atoms with Crippen LogP contribution in [0.15, 0.2) is 48.8 Å². The first-order valence-corrected chi connectivity index (χ1v) is 9.95. The fourth-order valence-corrected chi connectivity index (χ4v) is 5.62. The molecule has 0 radical (unpaired) electrons. The van der Waals surface area contributed by atoms with Gasteiger partial charge in [-0.15, -0.1) is 0 Å². The predicted octanol–water partition coefficient (Wildman–Crippen LogP) is 1.64. The molecule has 0 bridgehead atoms. The Labute approximate surface area is 152 Å². The Kier molecular flexibility index (Phi) is 5.36. The molecule has 0 aliphatic carbocycles. The molecule has 2 atom stereocenters. The Hall–Kier alpha value is -1.66. The zero-order valence-corrected chi connectivity index (χ0v) is 15.7. The van der Waals surface area contributed by atoms with Gasteiger partial charge in [-0.25, -0.2) is 9.15 Å². The molecule has 2 aliphatic rings. The van der Waals surface area contributed by atoms with Gasteiger partial charge >= 0.3 is 0 Å². The van der Waals surface area contributed by atoms with E-state index in [1.807, 2.05) is 23.5 Å². The summed E-state index contributed by atoms with van der Waals surface area (Å²) < 4.78 is 4.60. The van der Waals surface area contributed by atoms with Crippen molar-refractivity contribution in [2.45, 2.75) is 12.1 Å². The number of likely N-dealkylation sites (N-methyl/N-ethyl adjacent to an activating group) is 2. The first-order valence-electron chi connectivity index (χ1n) is 7.98. The van der Waals surface area contributed by atoms with Gasteiger partial charge in [-0.1, -0.05) is 0 Å². The van der Waals surface area contributed by atoms with E-state index in [9.17, 15) is 0 Å². The minimum Gasteiger partial charge on any atom is -0.405 e. The van der Waals surface area contributed by atoms with Crippen molar-refractivity contribution in [3.8, 4) is 0 Å². The standard InChI is InChI=1S/C18H24N4S2/c1-21-15(7-9-19)11-23-17(21)13-3-5-14(6-4-13)18-22(2)16(8-10-20)12-24-18/h3-10,15-16H,11-12,19-20H2,1-2H3/q+2. The maximum Gasteiger partial charge on any atom is 0.242 e. The fraction of sp³-hybridized carbons (Fsp3) is 0.333. The average molecular weight is 361 g/mol. The number of hydrogen-bond acceptors (Lipinski definition) is 4. The van der Waals surface area contributed by atoms with Gasteiger partial charge in [0.05, 0.1) is 22.6 Å². The monoisotopic (exact) mass is 360 g/mol. The topological polar surface area (TPSA) is 58.1 Å². The van der Waals surface area contributed by atoms with Crippen LogP contribution in [-0.4, -0.2) is 56.9 Å². The normalized spacial score (nSPS) is 24.9. The van der Waals surface area contributed by atoms with Gasteiger partial charge in [0.15, 0.2) is 12.1 Å². The average Bonchev–Trinajstić information content (AvgIpc) is 3.13. The van der Waals surface area contributed by atoms with Gasteiger partial charge in [-0.2, -0.15) is 0 Å². The quantitative estimate of drug-likeness (QED) is 0.802. The summed E-state index contributed by atoms with van der Waals surface area (Å²) in [5, 5.41) is 2.62. The summed E-state index contributed by atoms with van der Waals surface area (Å²) in [6.07, 6.45) is 7.40. The molecular weight excluding hydrogens is 336 g/mol. The Morgan fingerprint density at radius 2 is 1.21 bits per heavy atom. The van der Waals surface area contributed by atoms with Crippen LogP contribution >= 0.6 is 23.5 Å². The first-order chi connectivity index (χ1) is 11.7. The van der Waals surface area contributed by atoms with Crippen LogP contribution in [0.2, 0.25) is 0 Å². The van der Waals surface area contributed by atoms with E-state index < -0.39 is 0 Å². The molecule has 3 rings (SSSR count). The van der Waals surface area contributed by atoms with Crippen LogP contribution in [0.4, 0.5) is 0 Å². The zero-order chi connectivity index (χ0) is 17.1. The molecule has 24 heavy (non-hydrogen) atoms. The largest absolute Gasteiger partial charge is 0.405 e. The maximum absolute atomic E-state index is 5.54. The Bertz CT molecular complexity index is 669. The molecule has 0 saturated heterocycles. The SMILES string of the molecule is C[N+]1=C(c2ccc(C3=[N+](C)C(C=CN)CS3)cc2)SCC1C=CN. The van der Waals surface area contributed by atoms with Crippen LogP contribution < -0.4 is 11.5 Å². The van der Waals surface area contributed by atoms with Crippen molar-refractivity contribution in [1.29, 1.82) is 0 Å². The van der Waals surface area contributed by atoms with E-state index in [0.29, 0.717) is 12.1 Å². The molecule has 0 spiro atoms. The lowest BCUT2D eigenvalue weighted by atomic mass is 10.1. The number of nitrogens with zero attached hydrogens (tertiary/aromatic N) is 2. The Morgan fingerprint density at radius 3 is 1.54 bits per heavy atom. The second-order valence-electron chi connectivity index (χ2n) is 5.94. The van der Waals surface area contributed by atoms with Crippen molar-refractivity contribution >= 4 is 33.6 Å².